The van der Waals surface area contributed by atoms with E-state index in [0.29, 0.717) is 35.8 Å². The highest BCUT2D eigenvalue weighted by Gasteiger charge is 2.26. The number of esters is 1. The highest BCUT2D eigenvalue weighted by Crippen LogP contribution is 2.38. The van der Waals surface area contributed by atoms with E-state index in [1.165, 1.54) is 7.11 Å². The van der Waals surface area contributed by atoms with Crippen molar-refractivity contribution in [1.82, 2.24) is 4.57 Å². The Morgan fingerprint density at radius 1 is 0.837 bits per heavy atom. The van der Waals surface area contributed by atoms with Gasteiger partial charge in [-0.3, -0.25) is 4.18 Å². The topological polar surface area (TPSA) is 83.8 Å². The van der Waals surface area contributed by atoms with Gasteiger partial charge in [0.2, 0.25) is 0 Å². The van der Waals surface area contributed by atoms with Gasteiger partial charge in [-0.05, 0) is 53.1 Å². The molecule has 0 saturated heterocycles. The molecule has 0 radical (unpaired) electrons. The SMILES string of the molecule is COC(=O)c1cccc(OCCc2c(CCOS(C)(=O)=O)n(C(c3ccccc3)c3ccccc3)c3ccc(Cl)cc23)c1. The second-order valence-corrected chi connectivity index (χ2v) is 12.2. The van der Waals surface area contributed by atoms with Gasteiger partial charge in [0.05, 0.1) is 38.2 Å². The molecule has 0 atom stereocenters. The molecule has 1 heterocycles. The number of ether oxygens (including phenoxy) is 2. The van der Waals surface area contributed by atoms with Gasteiger partial charge >= 0.3 is 5.97 Å². The smallest absolute Gasteiger partial charge is 0.337 e. The van der Waals surface area contributed by atoms with Gasteiger partial charge in [0.25, 0.3) is 10.1 Å². The molecule has 5 aromatic rings. The van der Waals surface area contributed by atoms with Crippen LogP contribution in [0.4, 0.5) is 0 Å². The number of carbonyl (C=O) groups excluding carboxylic acids is 1. The fourth-order valence-corrected chi connectivity index (χ4v) is 5.96. The van der Waals surface area contributed by atoms with Crippen LogP contribution >= 0.6 is 11.6 Å². The average Bonchev–Trinajstić information content (AvgIpc) is 3.29. The van der Waals surface area contributed by atoms with Gasteiger partial charge in [-0.1, -0.05) is 78.3 Å². The number of fused-ring (bicyclic) bond motifs is 1. The summed E-state index contributed by atoms with van der Waals surface area (Å²) in [5.74, 6) is 0.0993. The number of hydrogen-bond donors (Lipinski definition) is 0. The van der Waals surface area contributed by atoms with Crippen molar-refractivity contribution in [3.63, 3.8) is 0 Å². The summed E-state index contributed by atoms with van der Waals surface area (Å²) in [6.45, 7) is 0.283. The predicted octanol–water partition coefficient (Wildman–Crippen LogP) is 6.86. The Hall–Kier alpha value is -4.11. The zero-order valence-electron chi connectivity index (χ0n) is 23.9. The molecule has 4 aromatic carbocycles. The molecule has 222 valence electrons. The minimum atomic E-state index is -3.64. The number of nitrogens with zero attached hydrogens (tertiary/aromatic N) is 1. The predicted molar refractivity (Wildman–Crippen MR) is 169 cm³/mol. The first-order chi connectivity index (χ1) is 20.7. The van der Waals surface area contributed by atoms with Crippen LogP contribution in [0.2, 0.25) is 5.02 Å². The lowest BCUT2D eigenvalue weighted by Gasteiger charge is -2.25. The van der Waals surface area contributed by atoms with E-state index < -0.39 is 16.1 Å². The van der Waals surface area contributed by atoms with E-state index in [1.807, 2.05) is 54.6 Å². The van der Waals surface area contributed by atoms with E-state index in [2.05, 4.69) is 28.8 Å². The van der Waals surface area contributed by atoms with Crippen LogP contribution in [0.1, 0.15) is 38.8 Å². The van der Waals surface area contributed by atoms with Crippen molar-refractivity contribution in [1.29, 1.82) is 0 Å². The van der Waals surface area contributed by atoms with Crippen molar-refractivity contribution in [2.75, 3.05) is 26.6 Å². The lowest BCUT2D eigenvalue weighted by molar-refractivity contribution is 0.0600. The molecule has 9 heteroatoms. The molecule has 0 amide bonds. The minimum Gasteiger partial charge on any atom is -0.493 e. The molecular formula is C34H32ClNO6S. The van der Waals surface area contributed by atoms with Crippen LogP contribution in [0.5, 0.6) is 5.75 Å². The van der Waals surface area contributed by atoms with Gasteiger partial charge in [0.1, 0.15) is 5.75 Å². The maximum atomic E-state index is 12.0. The van der Waals surface area contributed by atoms with Gasteiger partial charge in [0.15, 0.2) is 0 Å². The van der Waals surface area contributed by atoms with Crippen LogP contribution in [0.3, 0.4) is 0 Å². The van der Waals surface area contributed by atoms with Gasteiger partial charge in [0, 0.05) is 34.5 Å². The third-order valence-corrected chi connectivity index (χ3v) is 8.01. The lowest BCUT2D eigenvalue weighted by atomic mass is 9.97. The maximum absolute atomic E-state index is 12.0. The lowest BCUT2D eigenvalue weighted by Crippen LogP contribution is -2.18. The van der Waals surface area contributed by atoms with E-state index in [9.17, 15) is 13.2 Å². The van der Waals surface area contributed by atoms with E-state index in [0.717, 1.165) is 39.5 Å². The summed E-state index contributed by atoms with van der Waals surface area (Å²) in [4.78, 5) is 12.0. The van der Waals surface area contributed by atoms with Crippen LogP contribution in [-0.4, -0.2) is 45.5 Å². The average molecular weight is 618 g/mol. The Morgan fingerprint density at radius 3 is 2.14 bits per heavy atom. The zero-order valence-corrected chi connectivity index (χ0v) is 25.5. The van der Waals surface area contributed by atoms with Gasteiger partial charge in [-0.15, -0.1) is 0 Å². The monoisotopic (exact) mass is 617 g/mol. The summed E-state index contributed by atoms with van der Waals surface area (Å²) < 4.78 is 42.2. The molecule has 0 bridgehead atoms. The van der Waals surface area contributed by atoms with Crippen LogP contribution in [0, 0.1) is 0 Å². The Kier molecular flexibility index (Phi) is 9.50. The Labute approximate surface area is 256 Å². The standard InChI is InChI=1S/C34H32ClNO6S/c1-40-34(37)26-14-9-15-28(22-26)41-20-18-29-30-23-27(35)16-17-31(30)36(32(29)19-21-42-43(2,38)39)33(24-10-5-3-6-11-24)25-12-7-4-8-13-25/h3-17,22-23,33H,18-21H2,1-2H3. The van der Waals surface area contributed by atoms with Gasteiger partial charge in [-0.25, -0.2) is 4.79 Å². The normalized spacial score (nSPS) is 11.6. The number of carbonyl (C=O) groups is 1. The molecule has 43 heavy (non-hydrogen) atoms. The molecule has 0 aliphatic rings. The zero-order chi connectivity index (χ0) is 30.4. The third-order valence-electron chi connectivity index (χ3n) is 7.18. The molecule has 5 rings (SSSR count). The molecule has 1 aromatic heterocycles. The first kappa shape index (κ1) is 30.4. The number of hydrogen-bond acceptors (Lipinski definition) is 6. The first-order valence-corrected chi connectivity index (χ1v) is 16.0. The molecule has 0 N–H and O–H groups in total. The van der Waals surface area contributed by atoms with Crippen molar-refractivity contribution in [2.24, 2.45) is 0 Å². The quantitative estimate of drug-likeness (QED) is 0.112. The minimum absolute atomic E-state index is 0.0196. The summed E-state index contributed by atoms with van der Waals surface area (Å²) in [5.41, 5.74) is 5.41. The van der Waals surface area contributed by atoms with Crippen LogP contribution in [-0.2, 0) is 31.9 Å². The number of rotatable bonds is 12. The Bertz CT molecular complexity index is 1780. The van der Waals surface area contributed by atoms with Crippen molar-refractivity contribution in [3.05, 3.63) is 136 Å². The van der Waals surface area contributed by atoms with E-state index in [1.54, 1.807) is 24.3 Å². The molecule has 0 saturated carbocycles. The molecule has 0 spiro atoms. The van der Waals surface area contributed by atoms with Crippen LogP contribution < -0.4 is 4.74 Å². The summed E-state index contributed by atoms with van der Waals surface area (Å²) >= 11 is 6.53. The highest BCUT2D eigenvalue weighted by atomic mass is 35.5. The highest BCUT2D eigenvalue weighted by molar-refractivity contribution is 7.85. The van der Waals surface area contributed by atoms with Crippen molar-refractivity contribution >= 4 is 38.6 Å². The summed E-state index contributed by atoms with van der Waals surface area (Å²) in [6, 6.07) is 32.8. The van der Waals surface area contributed by atoms with Crippen molar-refractivity contribution in [2.45, 2.75) is 18.9 Å². The summed E-state index contributed by atoms with van der Waals surface area (Å²) in [7, 11) is -2.30. The van der Waals surface area contributed by atoms with Gasteiger partial charge < -0.3 is 14.0 Å². The first-order valence-electron chi connectivity index (χ1n) is 13.8. The largest absolute Gasteiger partial charge is 0.493 e. The van der Waals surface area contributed by atoms with Crippen molar-refractivity contribution in [3.8, 4) is 5.75 Å². The number of benzene rings is 4. The fourth-order valence-electron chi connectivity index (χ4n) is 5.40. The van der Waals surface area contributed by atoms with E-state index in [4.69, 9.17) is 25.3 Å². The summed E-state index contributed by atoms with van der Waals surface area (Å²) in [6.07, 6.45) is 1.88. The van der Waals surface area contributed by atoms with Crippen molar-refractivity contribution < 1.29 is 26.9 Å². The van der Waals surface area contributed by atoms with Crippen LogP contribution in [0.25, 0.3) is 10.9 Å². The van der Waals surface area contributed by atoms with E-state index in [-0.39, 0.29) is 12.6 Å². The number of methoxy groups -OCH3 is 1. The number of halogens is 1. The Balaban J connectivity index is 1.62. The maximum Gasteiger partial charge on any atom is 0.337 e. The van der Waals surface area contributed by atoms with Crippen LogP contribution in [0.15, 0.2) is 103 Å². The molecular weight excluding hydrogens is 586 g/mol. The molecule has 0 aliphatic heterocycles. The van der Waals surface area contributed by atoms with Gasteiger partial charge in [-0.2, -0.15) is 8.42 Å². The molecule has 0 fully saturated rings. The van der Waals surface area contributed by atoms with E-state index >= 15 is 0 Å². The molecule has 0 aliphatic carbocycles. The second kappa shape index (κ2) is 13.5. The molecule has 0 unspecified atom stereocenters. The molecule has 7 nitrogen and oxygen atoms in total. The number of aromatic nitrogens is 1. The third kappa shape index (κ3) is 7.28. The Morgan fingerprint density at radius 2 is 1.51 bits per heavy atom. The fraction of sp³-hybridized carbons (Fsp3) is 0.206. The second-order valence-electron chi connectivity index (χ2n) is 10.1. The summed E-state index contributed by atoms with van der Waals surface area (Å²) in [5, 5.41) is 1.54.